The molecular formula is C20H13ClO3S. The summed E-state index contributed by atoms with van der Waals surface area (Å²) >= 11 is 7.79. The number of para-hydroxylation sites is 1. The third-order valence-corrected chi connectivity index (χ3v) is 5.29. The van der Waals surface area contributed by atoms with Gasteiger partial charge in [-0.2, -0.15) is 0 Å². The molecule has 0 unspecified atom stereocenters. The molecule has 2 heterocycles. The highest BCUT2D eigenvalue weighted by Gasteiger charge is 2.23. The van der Waals surface area contributed by atoms with E-state index >= 15 is 0 Å². The molecule has 1 aliphatic heterocycles. The van der Waals surface area contributed by atoms with Crippen LogP contribution in [0.1, 0.15) is 4.88 Å². The highest BCUT2D eigenvalue weighted by atomic mass is 35.5. The zero-order valence-corrected chi connectivity index (χ0v) is 14.9. The SMILES string of the molecule is COC(=O)/C=C/c1cc2c(s1)-c1cc(Cl)ccc1Oc1ccccc1-2. The van der Waals surface area contributed by atoms with Gasteiger partial charge in [0, 0.05) is 37.5 Å². The van der Waals surface area contributed by atoms with E-state index in [1.165, 1.54) is 13.2 Å². The van der Waals surface area contributed by atoms with Crippen molar-refractivity contribution in [2.24, 2.45) is 0 Å². The van der Waals surface area contributed by atoms with Crippen molar-refractivity contribution in [3.8, 4) is 33.1 Å². The summed E-state index contributed by atoms with van der Waals surface area (Å²) in [7, 11) is 1.36. The number of hydrogen-bond acceptors (Lipinski definition) is 4. The fourth-order valence-corrected chi connectivity index (χ4v) is 4.04. The van der Waals surface area contributed by atoms with Crippen LogP contribution in [0.4, 0.5) is 0 Å². The van der Waals surface area contributed by atoms with Gasteiger partial charge in [0.05, 0.1) is 7.11 Å². The molecule has 124 valence electrons. The van der Waals surface area contributed by atoms with Crippen LogP contribution in [0.5, 0.6) is 11.5 Å². The van der Waals surface area contributed by atoms with Crippen molar-refractivity contribution in [2.45, 2.75) is 0 Å². The Hall–Kier alpha value is -2.56. The third-order valence-electron chi connectivity index (χ3n) is 3.92. The number of benzene rings is 2. The van der Waals surface area contributed by atoms with E-state index in [2.05, 4.69) is 10.8 Å². The smallest absolute Gasteiger partial charge is 0.330 e. The standard InChI is InChI=1S/C20H13ClO3S/c1-23-19(22)9-7-13-11-15-14-4-2-3-5-17(14)24-18-8-6-12(21)10-16(18)20(15)25-13/h2-11H,1H3/b9-7+. The van der Waals surface area contributed by atoms with Crippen LogP contribution in [0.25, 0.3) is 27.6 Å². The molecule has 0 saturated heterocycles. The van der Waals surface area contributed by atoms with Crippen molar-refractivity contribution in [2.75, 3.05) is 7.11 Å². The lowest BCUT2D eigenvalue weighted by atomic mass is 10.0. The lowest BCUT2D eigenvalue weighted by Crippen LogP contribution is -1.92. The maximum Gasteiger partial charge on any atom is 0.330 e. The first-order valence-electron chi connectivity index (χ1n) is 7.63. The van der Waals surface area contributed by atoms with E-state index in [0.29, 0.717) is 5.02 Å². The van der Waals surface area contributed by atoms with Gasteiger partial charge in [-0.3, -0.25) is 0 Å². The van der Waals surface area contributed by atoms with Gasteiger partial charge in [0.15, 0.2) is 0 Å². The molecular weight excluding hydrogens is 356 g/mol. The molecule has 0 aliphatic carbocycles. The average molecular weight is 369 g/mol. The Morgan fingerprint density at radius 2 is 1.88 bits per heavy atom. The number of rotatable bonds is 2. The van der Waals surface area contributed by atoms with Crippen molar-refractivity contribution in [3.05, 3.63) is 64.5 Å². The Bertz CT molecular complexity index is 1000. The normalized spacial score (nSPS) is 11.9. The number of ether oxygens (including phenoxy) is 2. The summed E-state index contributed by atoms with van der Waals surface area (Å²) in [6.45, 7) is 0. The first-order valence-corrected chi connectivity index (χ1v) is 8.82. The minimum absolute atomic E-state index is 0.379. The number of halogens is 1. The average Bonchev–Trinajstić information content (AvgIpc) is 3.00. The van der Waals surface area contributed by atoms with Crippen LogP contribution in [0.15, 0.2) is 54.6 Å². The molecule has 4 rings (SSSR count). The minimum Gasteiger partial charge on any atom is -0.466 e. The topological polar surface area (TPSA) is 35.5 Å². The summed E-state index contributed by atoms with van der Waals surface area (Å²) < 4.78 is 10.8. The lowest BCUT2D eigenvalue weighted by Gasteiger charge is -2.08. The fourth-order valence-electron chi connectivity index (χ4n) is 2.78. The van der Waals surface area contributed by atoms with Crippen molar-refractivity contribution in [3.63, 3.8) is 0 Å². The van der Waals surface area contributed by atoms with E-state index < -0.39 is 0 Å². The molecule has 0 amide bonds. The van der Waals surface area contributed by atoms with Gasteiger partial charge in [0.1, 0.15) is 11.5 Å². The van der Waals surface area contributed by atoms with E-state index in [9.17, 15) is 4.79 Å². The second-order valence-corrected chi connectivity index (χ2v) is 7.01. The van der Waals surface area contributed by atoms with Crippen molar-refractivity contribution >= 4 is 35.0 Å². The first kappa shape index (κ1) is 15.9. The molecule has 0 fully saturated rings. The zero-order valence-electron chi connectivity index (χ0n) is 13.3. The quantitative estimate of drug-likeness (QED) is 0.320. The number of carbonyl (C=O) groups excluding carboxylic acids is 1. The maximum atomic E-state index is 11.4. The Labute approximate surface area is 154 Å². The number of carbonyl (C=O) groups is 1. The van der Waals surface area contributed by atoms with Gasteiger partial charge in [-0.05, 0) is 36.4 Å². The Morgan fingerprint density at radius 1 is 1.08 bits per heavy atom. The number of esters is 1. The monoisotopic (exact) mass is 368 g/mol. The predicted octanol–water partition coefficient (Wildman–Crippen LogP) is 6.03. The molecule has 3 aromatic rings. The Morgan fingerprint density at radius 3 is 2.72 bits per heavy atom. The number of hydrogen-bond donors (Lipinski definition) is 0. The second kappa shape index (κ2) is 6.39. The number of methoxy groups -OCH3 is 1. The Kier molecular flexibility index (Phi) is 4.07. The van der Waals surface area contributed by atoms with Crippen LogP contribution in [0.2, 0.25) is 5.02 Å². The molecule has 0 atom stereocenters. The lowest BCUT2D eigenvalue weighted by molar-refractivity contribution is -0.134. The zero-order chi connectivity index (χ0) is 17.4. The van der Waals surface area contributed by atoms with Gasteiger partial charge < -0.3 is 9.47 Å². The van der Waals surface area contributed by atoms with Crippen molar-refractivity contribution in [1.29, 1.82) is 0 Å². The molecule has 0 spiro atoms. The van der Waals surface area contributed by atoms with Crippen molar-refractivity contribution < 1.29 is 14.3 Å². The molecule has 1 aliphatic rings. The van der Waals surface area contributed by atoms with E-state index in [-0.39, 0.29) is 5.97 Å². The molecule has 2 aromatic carbocycles. The molecule has 25 heavy (non-hydrogen) atoms. The van der Waals surface area contributed by atoms with E-state index in [0.717, 1.165) is 37.9 Å². The van der Waals surface area contributed by atoms with Gasteiger partial charge in [-0.15, -0.1) is 11.3 Å². The second-order valence-electron chi connectivity index (χ2n) is 5.49. The van der Waals surface area contributed by atoms with Crippen LogP contribution in [0.3, 0.4) is 0 Å². The van der Waals surface area contributed by atoms with E-state index in [1.807, 2.05) is 42.5 Å². The van der Waals surface area contributed by atoms with E-state index in [1.54, 1.807) is 17.4 Å². The van der Waals surface area contributed by atoms with Crippen LogP contribution >= 0.6 is 22.9 Å². The van der Waals surface area contributed by atoms with Gasteiger partial charge in [-0.1, -0.05) is 29.8 Å². The summed E-state index contributed by atoms with van der Waals surface area (Å²) in [5, 5.41) is 0.652. The van der Waals surface area contributed by atoms with Crippen LogP contribution in [-0.2, 0) is 9.53 Å². The Balaban J connectivity index is 1.93. The molecule has 0 saturated carbocycles. The highest BCUT2D eigenvalue weighted by molar-refractivity contribution is 7.17. The summed E-state index contributed by atoms with van der Waals surface area (Å²) in [6, 6.07) is 15.6. The van der Waals surface area contributed by atoms with Crippen LogP contribution < -0.4 is 4.74 Å². The summed E-state index contributed by atoms with van der Waals surface area (Å²) in [6.07, 6.45) is 3.19. The van der Waals surface area contributed by atoms with Crippen LogP contribution in [0, 0.1) is 0 Å². The largest absolute Gasteiger partial charge is 0.466 e. The molecule has 0 N–H and O–H groups in total. The van der Waals surface area contributed by atoms with Gasteiger partial charge >= 0.3 is 5.97 Å². The summed E-state index contributed by atoms with van der Waals surface area (Å²) in [4.78, 5) is 13.4. The molecule has 1 aromatic heterocycles. The molecule has 5 heteroatoms. The van der Waals surface area contributed by atoms with Gasteiger partial charge in [-0.25, -0.2) is 4.79 Å². The minimum atomic E-state index is -0.379. The third kappa shape index (κ3) is 2.95. The van der Waals surface area contributed by atoms with Gasteiger partial charge in [0.2, 0.25) is 0 Å². The molecule has 0 bridgehead atoms. The number of thiophene rings is 1. The molecule has 3 nitrogen and oxygen atoms in total. The van der Waals surface area contributed by atoms with Gasteiger partial charge in [0.25, 0.3) is 0 Å². The van der Waals surface area contributed by atoms with Crippen molar-refractivity contribution in [1.82, 2.24) is 0 Å². The summed E-state index contributed by atoms with van der Waals surface area (Å²) in [5.74, 6) is 1.18. The number of fused-ring (bicyclic) bond motifs is 5. The predicted molar refractivity (Wildman–Crippen MR) is 101 cm³/mol. The first-order chi connectivity index (χ1) is 12.2. The highest BCUT2D eigenvalue weighted by Crippen LogP contribution is 2.50. The van der Waals surface area contributed by atoms with Crippen LogP contribution in [-0.4, -0.2) is 13.1 Å². The fraction of sp³-hybridized carbons (Fsp3) is 0.0500. The van der Waals surface area contributed by atoms with E-state index in [4.69, 9.17) is 16.3 Å². The molecule has 0 radical (unpaired) electrons. The summed E-state index contributed by atoms with van der Waals surface area (Å²) in [5.41, 5.74) is 3.02. The maximum absolute atomic E-state index is 11.4.